The molecule has 0 aliphatic heterocycles. The Morgan fingerprint density at radius 3 is 2.50 bits per heavy atom. The molecule has 58 valence electrons. The van der Waals surface area contributed by atoms with E-state index in [9.17, 15) is 4.79 Å². The summed E-state index contributed by atoms with van der Waals surface area (Å²) in [4.78, 5) is 10.5. The molecule has 0 aliphatic rings. The lowest BCUT2D eigenvalue weighted by Gasteiger charge is -2.10. The predicted octanol–water partition coefficient (Wildman–Crippen LogP) is -0.131. The summed E-state index contributed by atoms with van der Waals surface area (Å²) in [6.07, 6.45) is 1.32. The minimum atomic E-state index is -0.394. The Bertz CT molecular complexity index is 152. The summed E-state index contributed by atoms with van der Waals surface area (Å²) in [5.41, 5.74) is 0.659. The third-order valence-corrected chi connectivity index (χ3v) is 1.08. The van der Waals surface area contributed by atoms with Gasteiger partial charge >= 0.3 is 5.97 Å². The first-order valence-electron chi connectivity index (χ1n) is 2.82. The molecule has 4 heteroatoms. The molecule has 0 spiro atoms. The number of hydrogen-bond acceptors (Lipinski definition) is 4. The van der Waals surface area contributed by atoms with E-state index in [0.29, 0.717) is 5.70 Å². The highest BCUT2D eigenvalue weighted by molar-refractivity contribution is 5.82. The summed E-state index contributed by atoms with van der Waals surface area (Å²) in [5, 5.41) is 1.34. The number of esters is 1. The van der Waals surface area contributed by atoms with Crippen LogP contribution in [-0.4, -0.2) is 25.1 Å². The second kappa shape index (κ2) is 3.90. The van der Waals surface area contributed by atoms with Crippen LogP contribution < -0.4 is 5.84 Å². The minimum absolute atomic E-state index is 0.394. The SMILES string of the molecule is COC(=O)/C=C(/C)N(C)N. The molecule has 0 aromatic carbocycles. The van der Waals surface area contributed by atoms with E-state index in [0.717, 1.165) is 0 Å². The summed E-state index contributed by atoms with van der Waals surface area (Å²) in [5.74, 6) is 4.90. The van der Waals surface area contributed by atoms with Gasteiger partial charge in [-0.25, -0.2) is 10.6 Å². The third kappa shape index (κ3) is 3.09. The predicted molar refractivity (Wildman–Crippen MR) is 37.7 cm³/mol. The van der Waals surface area contributed by atoms with Crippen molar-refractivity contribution in [3.63, 3.8) is 0 Å². The quantitative estimate of drug-likeness (QED) is 0.254. The lowest BCUT2D eigenvalue weighted by atomic mass is 10.4. The average molecular weight is 144 g/mol. The number of nitrogens with zero attached hydrogens (tertiary/aromatic N) is 1. The molecule has 0 bridgehead atoms. The van der Waals surface area contributed by atoms with E-state index in [-0.39, 0.29) is 0 Å². The fourth-order valence-corrected chi connectivity index (χ4v) is 0.331. The summed E-state index contributed by atoms with van der Waals surface area (Å²) >= 11 is 0. The van der Waals surface area contributed by atoms with Crippen LogP contribution >= 0.6 is 0 Å². The molecule has 0 saturated carbocycles. The van der Waals surface area contributed by atoms with E-state index in [1.807, 2.05) is 0 Å². The maximum atomic E-state index is 10.5. The fourth-order valence-electron chi connectivity index (χ4n) is 0.331. The van der Waals surface area contributed by atoms with Gasteiger partial charge in [-0.1, -0.05) is 0 Å². The zero-order valence-corrected chi connectivity index (χ0v) is 6.42. The van der Waals surface area contributed by atoms with Crippen LogP contribution in [0.5, 0.6) is 0 Å². The monoisotopic (exact) mass is 144 g/mol. The number of nitrogens with two attached hydrogens (primary N) is 1. The summed E-state index contributed by atoms with van der Waals surface area (Å²) < 4.78 is 4.37. The largest absolute Gasteiger partial charge is 0.466 e. The topological polar surface area (TPSA) is 55.6 Å². The van der Waals surface area contributed by atoms with Crippen molar-refractivity contribution < 1.29 is 9.53 Å². The van der Waals surface area contributed by atoms with Crippen LogP contribution in [-0.2, 0) is 9.53 Å². The number of allylic oxidation sites excluding steroid dienone is 1. The van der Waals surface area contributed by atoms with Crippen LogP contribution in [0.25, 0.3) is 0 Å². The molecule has 0 aromatic heterocycles. The summed E-state index contributed by atoms with van der Waals surface area (Å²) in [6.45, 7) is 1.72. The van der Waals surface area contributed by atoms with Crippen molar-refractivity contribution >= 4 is 5.97 Å². The van der Waals surface area contributed by atoms with Gasteiger partial charge in [0, 0.05) is 18.8 Å². The highest BCUT2D eigenvalue weighted by Gasteiger charge is 1.96. The highest BCUT2D eigenvalue weighted by atomic mass is 16.5. The van der Waals surface area contributed by atoms with Crippen molar-refractivity contribution in [2.75, 3.05) is 14.2 Å². The Morgan fingerprint density at radius 2 is 2.20 bits per heavy atom. The van der Waals surface area contributed by atoms with Crippen LogP contribution in [0.1, 0.15) is 6.92 Å². The molecule has 0 saturated heterocycles. The Balaban J connectivity index is 4.03. The van der Waals surface area contributed by atoms with Crippen molar-refractivity contribution in [2.45, 2.75) is 6.92 Å². The van der Waals surface area contributed by atoms with Gasteiger partial charge in [-0.3, -0.25) is 0 Å². The molecule has 0 fully saturated rings. The molecule has 0 radical (unpaired) electrons. The molecular weight excluding hydrogens is 132 g/mol. The zero-order chi connectivity index (χ0) is 8.15. The lowest BCUT2D eigenvalue weighted by Crippen LogP contribution is -2.24. The molecule has 0 amide bonds. The lowest BCUT2D eigenvalue weighted by molar-refractivity contribution is -0.134. The van der Waals surface area contributed by atoms with E-state index in [4.69, 9.17) is 5.84 Å². The highest BCUT2D eigenvalue weighted by Crippen LogP contribution is 1.93. The number of ether oxygens (including phenoxy) is 1. The minimum Gasteiger partial charge on any atom is -0.466 e. The normalized spacial score (nSPS) is 11.0. The number of carbonyl (C=O) groups excluding carboxylic acids is 1. The number of rotatable bonds is 2. The van der Waals surface area contributed by atoms with Gasteiger partial charge in [-0.05, 0) is 6.92 Å². The standard InChI is InChI=1S/C6H12N2O2/c1-5(8(2)7)4-6(9)10-3/h4H,7H2,1-3H3/b5-4-. The molecule has 0 rings (SSSR count). The maximum absolute atomic E-state index is 10.5. The molecule has 0 heterocycles. The van der Waals surface area contributed by atoms with Gasteiger partial charge < -0.3 is 9.75 Å². The molecular formula is C6H12N2O2. The van der Waals surface area contributed by atoms with Gasteiger partial charge in [-0.2, -0.15) is 0 Å². The van der Waals surface area contributed by atoms with Crippen molar-refractivity contribution in [2.24, 2.45) is 5.84 Å². The molecule has 0 atom stereocenters. The smallest absolute Gasteiger partial charge is 0.332 e. The van der Waals surface area contributed by atoms with Crippen molar-refractivity contribution in [1.29, 1.82) is 0 Å². The van der Waals surface area contributed by atoms with Crippen LogP contribution in [0, 0.1) is 0 Å². The van der Waals surface area contributed by atoms with E-state index in [1.165, 1.54) is 18.2 Å². The Kier molecular flexibility index (Phi) is 3.49. The van der Waals surface area contributed by atoms with Gasteiger partial charge in [0.05, 0.1) is 7.11 Å². The zero-order valence-electron chi connectivity index (χ0n) is 6.42. The van der Waals surface area contributed by atoms with E-state index >= 15 is 0 Å². The fraction of sp³-hybridized carbons (Fsp3) is 0.500. The van der Waals surface area contributed by atoms with Crippen LogP contribution in [0.4, 0.5) is 0 Å². The van der Waals surface area contributed by atoms with Gasteiger partial charge in [-0.15, -0.1) is 0 Å². The van der Waals surface area contributed by atoms with Gasteiger partial charge in [0.2, 0.25) is 0 Å². The van der Waals surface area contributed by atoms with Crippen LogP contribution in [0.15, 0.2) is 11.8 Å². The van der Waals surface area contributed by atoms with Crippen LogP contribution in [0.2, 0.25) is 0 Å². The second-order valence-corrected chi connectivity index (χ2v) is 1.92. The molecule has 0 aliphatic carbocycles. The number of hydrazine groups is 1. The van der Waals surface area contributed by atoms with E-state index in [2.05, 4.69) is 4.74 Å². The first-order valence-corrected chi connectivity index (χ1v) is 2.82. The van der Waals surface area contributed by atoms with Crippen LogP contribution in [0.3, 0.4) is 0 Å². The molecule has 10 heavy (non-hydrogen) atoms. The average Bonchev–Trinajstić information content (AvgIpc) is 1.87. The van der Waals surface area contributed by atoms with Crippen molar-refractivity contribution in [1.82, 2.24) is 5.01 Å². The maximum Gasteiger partial charge on any atom is 0.332 e. The van der Waals surface area contributed by atoms with Gasteiger partial charge in [0.15, 0.2) is 0 Å². The van der Waals surface area contributed by atoms with Crippen molar-refractivity contribution in [3.05, 3.63) is 11.8 Å². The summed E-state index contributed by atoms with van der Waals surface area (Å²) in [7, 11) is 2.97. The number of methoxy groups -OCH3 is 1. The third-order valence-electron chi connectivity index (χ3n) is 1.08. The van der Waals surface area contributed by atoms with Crippen molar-refractivity contribution in [3.8, 4) is 0 Å². The van der Waals surface area contributed by atoms with Gasteiger partial charge in [0.25, 0.3) is 0 Å². The molecule has 0 aromatic rings. The Morgan fingerprint density at radius 1 is 1.70 bits per heavy atom. The number of hydrogen-bond donors (Lipinski definition) is 1. The Hall–Kier alpha value is -1.03. The Labute approximate surface area is 60.2 Å². The number of carbonyl (C=O) groups is 1. The van der Waals surface area contributed by atoms with E-state index in [1.54, 1.807) is 14.0 Å². The van der Waals surface area contributed by atoms with Gasteiger partial charge in [0.1, 0.15) is 0 Å². The first kappa shape index (κ1) is 8.97. The summed E-state index contributed by atoms with van der Waals surface area (Å²) in [6, 6.07) is 0. The van der Waals surface area contributed by atoms with E-state index < -0.39 is 5.97 Å². The second-order valence-electron chi connectivity index (χ2n) is 1.92. The first-order chi connectivity index (χ1) is 4.57. The molecule has 0 unspecified atom stereocenters. The molecule has 2 N–H and O–H groups in total. The molecule has 4 nitrogen and oxygen atoms in total.